The number of rotatable bonds is 5. The van der Waals surface area contributed by atoms with Crippen LogP contribution in [-0.2, 0) is 11.8 Å². The molecular weight excluding hydrogens is 410 g/mol. The van der Waals surface area contributed by atoms with Crippen LogP contribution in [0.5, 0.6) is 5.75 Å². The molecule has 0 aliphatic carbocycles. The normalized spacial score (nSPS) is 13.8. The van der Waals surface area contributed by atoms with Crippen molar-refractivity contribution in [1.29, 1.82) is 0 Å². The lowest BCUT2D eigenvalue weighted by Gasteiger charge is -2.31. The Morgan fingerprint density at radius 3 is 2.38 bits per heavy atom. The molecule has 2 heterocycles. The van der Waals surface area contributed by atoms with Crippen molar-refractivity contribution in [2.24, 2.45) is 7.05 Å². The second-order valence-corrected chi connectivity index (χ2v) is 7.93. The fourth-order valence-corrected chi connectivity index (χ4v) is 4.35. The number of aromatic nitrogens is 1. The molecule has 2 aromatic carbocycles. The van der Waals surface area contributed by atoms with Crippen LogP contribution in [0.1, 0.15) is 29.6 Å². The number of piperidine rings is 1. The Hall–Kier alpha value is -3.81. The van der Waals surface area contributed by atoms with Gasteiger partial charge in [0.15, 0.2) is 0 Å². The highest BCUT2D eigenvalue weighted by atomic mass is 16.4. The molecule has 8 nitrogen and oxygen atoms in total. The minimum atomic E-state index is -1.24. The summed E-state index contributed by atoms with van der Waals surface area (Å²) in [6.07, 6.45) is 3.29. The van der Waals surface area contributed by atoms with Crippen LogP contribution in [0.15, 0.2) is 47.3 Å². The maximum absolute atomic E-state index is 12.9. The highest BCUT2D eigenvalue weighted by molar-refractivity contribution is 6.10. The predicted octanol–water partition coefficient (Wildman–Crippen LogP) is 2.72. The number of carbonyl (C=O) groups excluding carboxylic acids is 1. The molecule has 1 aromatic heterocycles. The Kier molecular flexibility index (Phi) is 5.85. The second kappa shape index (κ2) is 8.74. The van der Waals surface area contributed by atoms with Gasteiger partial charge in [0.2, 0.25) is 0 Å². The van der Waals surface area contributed by atoms with E-state index in [1.165, 1.54) is 18.0 Å². The first-order valence-electron chi connectivity index (χ1n) is 10.6. The zero-order valence-electron chi connectivity index (χ0n) is 17.8. The highest BCUT2D eigenvalue weighted by Crippen LogP contribution is 2.42. The molecule has 1 aliphatic rings. The van der Waals surface area contributed by atoms with E-state index in [1.807, 2.05) is 36.4 Å². The van der Waals surface area contributed by atoms with Gasteiger partial charge in [0, 0.05) is 31.4 Å². The van der Waals surface area contributed by atoms with Crippen molar-refractivity contribution >= 4 is 28.5 Å². The summed E-state index contributed by atoms with van der Waals surface area (Å²) < 4.78 is 1.32. The maximum atomic E-state index is 12.9. The number of aliphatic carboxylic acids is 1. The third-order valence-electron chi connectivity index (χ3n) is 5.90. The SMILES string of the molecule is Cn1c(=O)c(C(=O)NCC(=O)O)c(O)c2c(-c3ccccc3)c(N3CCCCC3)ccc21. The number of nitrogens with one attached hydrogen (secondary N) is 1. The van der Waals surface area contributed by atoms with E-state index in [9.17, 15) is 19.5 Å². The average Bonchev–Trinajstić information content (AvgIpc) is 2.81. The molecule has 1 amide bonds. The van der Waals surface area contributed by atoms with Gasteiger partial charge >= 0.3 is 5.97 Å². The summed E-state index contributed by atoms with van der Waals surface area (Å²) in [5.41, 5.74) is 1.85. The number of anilines is 1. The standard InChI is InChI=1S/C24H25N3O5/c1-26-16-10-11-17(27-12-6-3-7-13-27)19(15-8-4-2-5-9-15)20(16)22(30)21(24(26)32)23(31)25-14-18(28)29/h2,4-5,8-11,30H,3,6-7,12-14H2,1H3,(H,25,31)(H,28,29). The summed E-state index contributed by atoms with van der Waals surface area (Å²) in [6.45, 7) is 1.10. The molecule has 4 rings (SSSR count). The van der Waals surface area contributed by atoms with Gasteiger partial charge in [-0.1, -0.05) is 30.3 Å². The van der Waals surface area contributed by atoms with E-state index in [0.29, 0.717) is 10.9 Å². The first-order chi connectivity index (χ1) is 15.4. The smallest absolute Gasteiger partial charge is 0.322 e. The number of aryl methyl sites for hydroxylation is 1. The molecule has 3 N–H and O–H groups in total. The number of fused-ring (bicyclic) bond motifs is 1. The highest BCUT2D eigenvalue weighted by Gasteiger charge is 2.26. The molecule has 1 aliphatic heterocycles. The monoisotopic (exact) mass is 435 g/mol. The van der Waals surface area contributed by atoms with Gasteiger partial charge in [-0.3, -0.25) is 14.4 Å². The Morgan fingerprint density at radius 1 is 1.03 bits per heavy atom. The van der Waals surface area contributed by atoms with Crippen molar-refractivity contribution < 1.29 is 19.8 Å². The van der Waals surface area contributed by atoms with Crippen LogP contribution >= 0.6 is 0 Å². The van der Waals surface area contributed by atoms with Crippen LogP contribution in [0.25, 0.3) is 22.0 Å². The lowest BCUT2D eigenvalue weighted by atomic mass is 9.94. The lowest BCUT2D eigenvalue weighted by Crippen LogP contribution is -2.35. The van der Waals surface area contributed by atoms with E-state index in [0.717, 1.165) is 42.7 Å². The Labute approximate surface area is 184 Å². The van der Waals surface area contributed by atoms with Crippen LogP contribution in [0.3, 0.4) is 0 Å². The number of pyridine rings is 1. The second-order valence-electron chi connectivity index (χ2n) is 7.93. The molecule has 32 heavy (non-hydrogen) atoms. The number of carboxylic acid groups (broad SMARTS) is 1. The summed E-state index contributed by atoms with van der Waals surface area (Å²) in [7, 11) is 1.54. The van der Waals surface area contributed by atoms with Crippen molar-refractivity contribution in [2.45, 2.75) is 19.3 Å². The number of carbonyl (C=O) groups is 2. The molecule has 1 fully saturated rings. The number of benzene rings is 2. The molecule has 166 valence electrons. The summed E-state index contributed by atoms with van der Waals surface area (Å²) >= 11 is 0. The van der Waals surface area contributed by atoms with E-state index in [2.05, 4.69) is 10.2 Å². The third-order valence-corrected chi connectivity index (χ3v) is 5.90. The number of hydrogen-bond acceptors (Lipinski definition) is 5. The number of hydrogen-bond donors (Lipinski definition) is 3. The van der Waals surface area contributed by atoms with Gasteiger partial charge in [0.1, 0.15) is 17.9 Å². The summed E-state index contributed by atoms with van der Waals surface area (Å²) in [5, 5.41) is 22.7. The van der Waals surface area contributed by atoms with Crippen LogP contribution in [-0.4, -0.2) is 46.3 Å². The maximum Gasteiger partial charge on any atom is 0.322 e. The number of carboxylic acids is 1. The van der Waals surface area contributed by atoms with Crippen molar-refractivity contribution in [3.8, 4) is 16.9 Å². The molecule has 0 unspecified atom stereocenters. The first-order valence-corrected chi connectivity index (χ1v) is 10.6. The minimum Gasteiger partial charge on any atom is -0.506 e. The van der Waals surface area contributed by atoms with Gasteiger partial charge < -0.3 is 25.0 Å². The average molecular weight is 435 g/mol. The quantitative estimate of drug-likeness (QED) is 0.568. The van der Waals surface area contributed by atoms with Crippen LogP contribution < -0.4 is 15.8 Å². The number of aromatic hydroxyl groups is 1. The molecule has 0 spiro atoms. The Balaban J connectivity index is 2.03. The molecule has 0 atom stereocenters. The van der Waals surface area contributed by atoms with Crippen LogP contribution in [0, 0.1) is 0 Å². The van der Waals surface area contributed by atoms with Gasteiger partial charge in [-0.25, -0.2) is 0 Å². The molecule has 0 radical (unpaired) electrons. The van der Waals surface area contributed by atoms with Gasteiger partial charge in [-0.15, -0.1) is 0 Å². The van der Waals surface area contributed by atoms with Crippen molar-refractivity contribution in [2.75, 3.05) is 24.5 Å². The first kappa shape index (κ1) is 21.4. The predicted molar refractivity (Wildman–Crippen MR) is 122 cm³/mol. The fraction of sp³-hybridized carbons (Fsp3) is 0.292. The molecule has 0 bridgehead atoms. The topological polar surface area (TPSA) is 112 Å². The zero-order valence-corrected chi connectivity index (χ0v) is 17.8. The van der Waals surface area contributed by atoms with Crippen molar-refractivity contribution in [3.63, 3.8) is 0 Å². The van der Waals surface area contributed by atoms with Crippen LogP contribution in [0.4, 0.5) is 5.69 Å². The van der Waals surface area contributed by atoms with E-state index < -0.39 is 35.3 Å². The number of amides is 1. The van der Waals surface area contributed by atoms with Crippen molar-refractivity contribution in [3.05, 3.63) is 58.4 Å². The van der Waals surface area contributed by atoms with Crippen molar-refractivity contribution in [1.82, 2.24) is 9.88 Å². The zero-order chi connectivity index (χ0) is 22.8. The summed E-state index contributed by atoms with van der Waals surface area (Å²) in [5.74, 6) is -2.61. The van der Waals surface area contributed by atoms with Gasteiger partial charge in [0.25, 0.3) is 11.5 Å². The molecular formula is C24H25N3O5. The van der Waals surface area contributed by atoms with Gasteiger partial charge in [-0.05, 0) is 37.0 Å². The molecule has 3 aromatic rings. The van der Waals surface area contributed by atoms with Gasteiger partial charge in [0.05, 0.1) is 10.9 Å². The van der Waals surface area contributed by atoms with Crippen LogP contribution in [0.2, 0.25) is 0 Å². The van der Waals surface area contributed by atoms with E-state index in [-0.39, 0.29) is 0 Å². The van der Waals surface area contributed by atoms with E-state index in [4.69, 9.17) is 5.11 Å². The largest absolute Gasteiger partial charge is 0.506 e. The molecule has 8 heteroatoms. The molecule has 1 saturated heterocycles. The van der Waals surface area contributed by atoms with E-state index >= 15 is 0 Å². The Bertz CT molecular complexity index is 1240. The number of nitrogens with zero attached hydrogens (tertiary/aromatic N) is 2. The summed E-state index contributed by atoms with van der Waals surface area (Å²) in [6, 6.07) is 13.3. The fourth-order valence-electron chi connectivity index (χ4n) is 4.35. The Morgan fingerprint density at radius 2 is 1.72 bits per heavy atom. The van der Waals surface area contributed by atoms with E-state index in [1.54, 1.807) is 6.07 Å². The summed E-state index contributed by atoms with van der Waals surface area (Å²) in [4.78, 5) is 38.7. The molecule has 0 saturated carbocycles. The third kappa shape index (κ3) is 3.79. The lowest BCUT2D eigenvalue weighted by molar-refractivity contribution is -0.135. The van der Waals surface area contributed by atoms with Gasteiger partial charge in [-0.2, -0.15) is 0 Å². The minimum absolute atomic E-state index is 0.391.